The predicted octanol–water partition coefficient (Wildman–Crippen LogP) is 6.01. The van der Waals surface area contributed by atoms with Crippen molar-refractivity contribution in [2.45, 2.75) is 40.0 Å². The third-order valence-electron chi connectivity index (χ3n) is 3.39. The van der Waals surface area contributed by atoms with Crippen LogP contribution in [0.15, 0.2) is 55.7 Å². The third kappa shape index (κ3) is 5.30. The van der Waals surface area contributed by atoms with Gasteiger partial charge in [-0.05, 0) is 30.9 Å². The van der Waals surface area contributed by atoms with Crippen LogP contribution in [0.25, 0.3) is 6.08 Å². The van der Waals surface area contributed by atoms with Crippen molar-refractivity contribution in [1.29, 1.82) is 0 Å². The molecule has 0 N–H and O–H groups in total. The van der Waals surface area contributed by atoms with Gasteiger partial charge < -0.3 is 0 Å². The predicted molar refractivity (Wildman–Crippen MR) is 89.4 cm³/mol. The normalized spacial score (nSPS) is 12.9. The molecule has 1 aromatic carbocycles. The van der Waals surface area contributed by atoms with Crippen molar-refractivity contribution in [1.82, 2.24) is 0 Å². The largest absolute Gasteiger partial charge is 0.102 e. The van der Waals surface area contributed by atoms with E-state index in [2.05, 4.69) is 64.8 Å². The van der Waals surface area contributed by atoms with Gasteiger partial charge in [0.25, 0.3) is 0 Å². The van der Waals surface area contributed by atoms with Crippen LogP contribution in [0.3, 0.4) is 0 Å². The third-order valence-corrected chi connectivity index (χ3v) is 3.39. The van der Waals surface area contributed by atoms with Crippen molar-refractivity contribution < 1.29 is 0 Å². The molecule has 1 rings (SSSR count). The van der Waals surface area contributed by atoms with Gasteiger partial charge in [0.2, 0.25) is 0 Å². The molecule has 19 heavy (non-hydrogen) atoms. The number of hydrogen-bond donors (Lipinski definition) is 0. The molecule has 0 fully saturated rings. The lowest BCUT2D eigenvalue weighted by molar-refractivity contribution is 0.421. The zero-order valence-corrected chi connectivity index (χ0v) is 13.2. The second-order valence-corrected chi connectivity index (χ2v) is 5.67. The summed E-state index contributed by atoms with van der Waals surface area (Å²) >= 11 is 0. The van der Waals surface area contributed by atoms with Gasteiger partial charge in [0.1, 0.15) is 0 Å². The summed E-state index contributed by atoms with van der Waals surface area (Å²) in [5.41, 5.74) is 3.70. The Bertz CT molecular complexity index is 416. The van der Waals surface area contributed by atoms with E-state index in [1.54, 1.807) is 0 Å². The molecule has 0 saturated carbocycles. The topological polar surface area (TPSA) is 0 Å². The first-order chi connectivity index (χ1) is 8.77. The van der Waals surface area contributed by atoms with Crippen molar-refractivity contribution >= 4 is 6.08 Å². The van der Waals surface area contributed by atoms with Gasteiger partial charge in [-0.2, -0.15) is 0 Å². The minimum atomic E-state index is 0.0553. The summed E-state index contributed by atoms with van der Waals surface area (Å²) in [4.78, 5) is 0. The molecular weight excluding hydrogens is 228 g/mol. The average Bonchev–Trinajstić information content (AvgIpc) is 2.37. The Morgan fingerprint density at radius 3 is 1.79 bits per heavy atom. The Hall–Kier alpha value is -1.56. The second-order valence-electron chi connectivity index (χ2n) is 5.67. The van der Waals surface area contributed by atoms with E-state index in [0.29, 0.717) is 5.92 Å². The van der Waals surface area contributed by atoms with E-state index in [-0.39, 0.29) is 5.41 Å². The van der Waals surface area contributed by atoms with Crippen LogP contribution in [0.2, 0.25) is 0 Å². The summed E-state index contributed by atoms with van der Waals surface area (Å²) in [5, 5.41) is 0. The molecule has 0 radical (unpaired) electrons. The minimum Gasteiger partial charge on any atom is -0.102 e. The summed E-state index contributed by atoms with van der Waals surface area (Å²) in [6, 6.07) is 8.54. The summed E-state index contributed by atoms with van der Waals surface area (Å²) < 4.78 is 0. The van der Waals surface area contributed by atoms with Crippen molar-refractivity contribution in [3.63, 3.8) is 0 Å². The monoisotopic (exact) mass is 256 g/mol. The van der Waals surface area contributed by atoms with Gasteiger partial charge in [0.05, 0.1) is 0 Å². The van der Waals surface area contributed by atoms with E-state index in [1.807, 2.05) is 26.0 Å². The van der Waals surface area contributed by atoms with Crippen LogP contribution < -0.4 is 0 Å². The van der Waals surface area contributed by atoms with Crippen molar-refractivity contribution in [3.05, 3.63) is 66.8 Å². The number of hydrogen-bond acceptors (Lipinski definition) is 0. The van der Waals surface area contributed by atoms with E-state index < -0.39 is 0 Å². The van der Waals surface area contributed by atoms with Gasteiger partial charge in [-0.25, -0.2) is 0 Å². The highest BCUT2D eigenvalue weighted by Crippen LogP contribution is 2.33. The molecule has 0 heteroatoms. The molecule has 0 aromatic heterocycles. The van der Waals surface area contributed by atoms with Gasteiger partial charge in [-0.1, -0.05) is 69.3 Å². The Labute approximate surface area is 119 Å². The summed E-state index contributed by atoms with van der Waals surface area (Å²) in [7, 11) is 0. The Morgan fingerprint density at radius 1 is 1.11 bits per heavy atom. The minimum absolute atomic E-state index is 0.0553. The van der Waals surface area contributed by atoms with Crippen LogP contribution in [0.5, 0.6) is 0 Å². The molecule has 0 aliphatic rings. The molecule has 104 valence electrons. The quantitative estimate of drug-likeness (QED) is 0.578. The second kappa shape index (κ2) is 7.78. The van der Waals surface area contributed by atoms with E-state index >= 15 is 0 Å². The molecule has 0 aliphatic heterocycles. The molecule has 0 bridgehead atoms. The van der Waals surface area contributed by atoms with E-state index in [9.17, 15) is 0 Å². The first kappa shape index (κ1) is 17.4. The molecule has 1 unspecified atom stereocenters. The van der Waals surface area contributed by atoms with Gasteiger partial charge >= 0.3 is 0 Å². The molecule has 1 atom stereocenters. The van der Waals surface area contributed by atoms with Crippen LogP contribution in [0.1, 0.15) is 45.7 Å². The highest BCUT2D eigenvalue weighted by molar-refractivity contribution is 5.48. The SMILES string of the molecule is C=C(C)C.C=Cc1ccc(C(C)(C=C)C(C)C)cc1. The van der Waals surface area contributed by atoms with Crippen molar-refractivity contribution in [3.8, 4) is 0 Å². The van der Waals surface area contributed by atoms with E-state index in [1.165, 1.54) is 11.1 Å². The highest BCUT2D eigenvalue weighted by atomic mass is 14.3. The molecule has 0 amide bonds. The van der Waals surface area contributed by atoms with Gasteiger partial charge in [-0.3, -0.25) is 0 Å². The van der Waals surface area contributed by atoms with E-state index in [0.717, 1.165) is 5.56 Å². The highest BCUT2D eigenvalue weighted by Gasteiger charge is 2.26. The van der Waals surface area contributed by atoms with Crippen molar-refractivity contribution in [2.24, 2.45) is 5.92 Å². The molecule has 0 nitrogen and oxygen atoms in total. The Kier molecular flexibility index (Phi) is 7.14. The first-order valence-corrected chi connectivity index (χ1v) is 6.76. The lowest BCUT2D eigenvalue weighted by atomic mass is 9.73. The van der Waals surface area contributed by atoms with Gasteiger partial charge in [-0.15, -0.1) is 13.2 Å². The number of allylic oxidation sites excluding steroid dienone is 2. The number of rotatable bonds is 4. The van der Waals surface area contributed by atoms with Crippen LogP contribution >= 0.6 is 0 Å². The number of benzene rings is 1. The smallest absolute Gasteiger partial charge is 0.0124 e. The Morgan fingerprint density at radius 2 is 1.53 bits per heavy atom. The van der Waals surface area contributed by atoms with Crippen LogP contribution in [-0.4, -0.2) is 0 Å². The summed E-state index contributed by atoms with van der Waals surface area (Å²) in [6.45, 7) is 21.9. The lowest BCUT2D eigenvalue weighted by Gasteiger charge is -2.31. The zero-order valence-electron chi connectivity index (χ0n) is 13.2. The standard InChI is InChI=1S/C15H20.C4H8/c1-6-13-8-10-14(11-9-13)15(5,7-2)12(3)4;1-4(2)3/h6-12H,1-2H2,3-5H3;1H2,2-3H3. The molecule has 1 aromatic rings. The van der Waals surface area contributed by atoms with Gasteiger partial charge in [0, 0.05) is 5.41 Å². The maximum atomic E-state index is 3.95. The summed E-state index contributed by atoms with van der Waals surface area (Å²) in [5.74, 6) is 0.546. The first-order valence-electron chi connectivity index (χ1n) is 6.76. The van der Waals surface area contributed by atoms with Gasteiger partial charge in [0.15, 0.2) is 0 Å². The fraction of sp³-hybridized carbons (Fsp3) is 0.368. The molecule has 0 saturated heterocycles. The fourth-order valence-electron chi connectivity index (χ4n) is 1.67. The average molecular weight is 256 g/mol. The van der Waals surface area contributed by atoms with E-state index in [4.69, 9.17) is 0 Å². The lowest BCUT2D eigenvalue weighted by Crippen LogP contribution is -2.25. The zero-order chi connectivity index (χ0) is 15.1. The fourth-order valence-corrected chi connectivity index (χ4v) is 1.67. The van der Waals surface area contributed by atoms with Crippen LogP contribution in [0.4, 0.5) is 0 Å². The van der Waals surface area contributed by atoms with Crippen LogP contribution in [-0.2, 0) is 5.41 Å². The molecule has 0 aliphatic carbocycles. The molecular formula is C19H28. The Balaban J connectivity index is 0.000000711. The maximum absolute atomic E-state index is 3.95. The summed E-state index contributed by atoms with van der Waals surface area (Å²) in [6.07, 6.45) is 3.91. The maximum Gasteiger partial charge on any atom is 0.0124 e. The van der Waals surface area contributed by atoms with Crippen LogP contribution in [0, 0.1) is 5.92 Å². The molecule has 0 spiro atoms. The molecule has 0 heterocycles. The van der Waals surface area contributed by atoms with Crippen molar-refractivity contribution in [2.75, 3.05) is 0 Å².